The zero-order valence-corrected chi connectivity index (χ0v) is 16.1. The summed E-state index contributed by atoms with van der Waals surface area (Å²) in [6, 6.07) is 13.4. The Hall–Kier alpha value is -2.54. The molecule has 0 spiro atoms. The minimum absolute atomic E-state index is 0.0150. The molecule has 0 N–H and O–H groups in total. The van der Waals surface area contributed by atoms with Gasteiger partial charge in [0.15, 0.2) is 5.16 Å². The molecule has 0 radical (unpaired) electrons. The molecule has 27 heavy (non-hydrogen) atoms. The first kappa shape index (κ1) is 17.9. The topological polar surface area (TPSA) is 64.2 Å². The van der Waals surface area contributed by atoms with Crippen LogP contribution in [-0.4, -0.2) is 26.4 Å². The van der Waals surface area contributed by atoms with Gasteiger partial charge >= 0.3 is 0 Å². The number of thioether (sulfide) groups is 1. The molecule has 0 bridgehead atoms. The van der Waals surface area contributed by atoms with Gasteiger partial charge in [0, 0.05) is 18.2 Å². The fourth-order valence-corrected chi connectivity index (χ4v) is 3.93. The van der Waals surface area contributed by atoms with E-state index in [9.17, 15) is 4.79 Å². The maximum atomic E-state index is 13.0. The Balaban J connectivity index is 1.48. The number of hydrogen-bond acceptors (Lipinski definition) is 5. The molecule has 0 saturated heterocycles. The van der Waals surface area contributed by atoms with E-state index in [-0.39, 0.29) is 5.91 Å². The van der Waals surface area contributed by atoms with Gasteiger partial charge in [0.1, 0.15) is 11.6 Å². The predicted molar refractivity (Wildman–Crippen MR) is 105 cm³/mol. The maximum absolute atomic E-state index is 13.0. The van der Waals surface area contributed by atoms with Crippen LogP contribution >= 0.6 is 11.8 Å². The van der Waals surface area contributed by atoms with Gasteiger partial charge in [-0.1, -0.05) is 30.0 Å². The van der Waals surface area contributed by atoms with Crippen molar-refractivity contribution >= 4 is 23.4 Å². The van der Waals surface area contributed by atoms with Crippen LogP contribution in [0.4, 0.5) is 5.69 Å². The van der Waals surface area contributed by atoms with Gasteiger partial charge in [0.2, 0.25) is 5.91 Å². The molecule has 1 amide bonds. The van der Waals surface area contributed by atoms with Gasteiger partial charge in [-0.3, -0.25) is 4.79 Å². The third kappa shape index (κ3) is 4.08. The van der Waals surface area contributed by atoms with Gasteiger partial charge < -0.3 is 13.9 Å². The molecule has 1 fully saturated rings. The second kappa shape index (κ2) is 8.00. The van der Waals surface area contributed by atoms with Crippen LogP contribution in [0.3, 0.4) is 0 Å². The molecule has 3 aromatic rings. The second-order valence-electron chi connectivity index (χ2n) is 6.54. The highest BCUT2D eigenvalue weighted by molar-refractivity contribution is 7.99. The SMILES string of the molecule is CCn1c(SCC(=O)N(Cc2ccco2)c2ccccc2)nnc1C1CC1. The van der Waals surface area contributed by atoms with Gasteiger partial charge in [-0.25, -0.2) is 0 Å². The quantitative estimate of drug-likeness (QED) is 0.549. The summed E-state index contributed by atoms with van der Waals surface area (Å²) in [5, 5.41) is 9.48. The normalized spacial score (nSPS) is 13.7. The van der Waals surface area contributed by atoms with E-state index >= 15 is 0 Å². The monoisotopic (exact) mass is 382 g/mol. The van der Waals surface area contributed by atoms with Crippen LogP contribution in [0.5, 0.6) is 0 Å². The van der Waals surface area contributed by atoms with Crippen molar-refractivity contribution in [1.29, 1.82) is 0 Å². The van der Waals surface area contributed by atoms with Gasteiger partial charge in [-0.2, -0.15) is 0 Å². The number of carbonyl (C=O) groups excluding carboxylic acids is 1. The van der Waals surface area contributed by atoms with E-state index in [4.69, 9.17) is 4.42 Å². The first-order valence-electron chi connectivity index (χ1n) is 9.20. The molecule has 0 aliphatic heterocycles. The van der Waals surface area contributed by atoms with Crippen LogP contribution in [-0.2, 0) is 17.9 Å². The average Bonchev–Trinajstić information content (AvgIpc) is 3.26. The third-order valence-electron chi connectivity index (χ3n) is 4.59. The Kier molecular flexibility index (Phi) is 5.29. The summed E-state index contributed by atoms with van der Waals surface area (Å²) >= 11 is 1.45. The van der Waals surface area contributed by atoms with Crippen LogP contribution in [0.2, 0.25) is 0 Å². The predicted octanol–water partition coefficient (Wildman–Crippen LogP) is 4.09. The number of furan rings is 1. The molecule has 0 atom stereocenters. The van der Waals surface area contributed by atoms with Crippen molar-refractivity contribution in [1.82, 2.24) is 14.8 Å². The molecule has 140 valence electrons. The standard InChI is InChI=1S/C20H22N4O2S/c1-2-23-19(15-10-11-15)21-22-20(23)27-14-18(25)24(13-17-9-6-12-26-17)16-7-4-3-5-8-16/h3-9,12,15H,2,10-11,13-14H2,1H3. The molecule has 7 heteroatoms. The molecule has 6 nitrogen and oxygen atoms in total. The van der Waals surface area contributed by atoms with E-state index in [1.807, 2.05) is 42.5 Å². The van der Waals surface area contributed by atoms with Gasteiger partial charge in [-0.15, -0.1) is 10.2 Å². The minimum Gasteiger partial charge on any atom is -0.467 e. The number of para-hydroxylation sites is 1. The van der Waals surface area contributed by atoms with Crippen LogP contribution in [0, 0.1) is 0 Å². The third-order valence-corrected chi connectivity index (χ3v) is 5.54. The van der Waals surface area contributed by atoms with Crippen molar-refractivity contribution in [3.63, 3.8) is 0 Å². The summed E-state index contributed by atoms with van der Waals surface area (Å²) in [5.41, 5.74) is 0.857. The van der Waals surface area contributed by atoms with E-state index in [1.54, 1.807) is 11.2 Å². The smallest absolute Gasteiger partial charge is 0.237 e. The van der Waals surface area contributed by atoms with E-state index in [2.05, 4.69) is 21.7 Å². The molecule has 1 saturated carbocycles. The van der Waals surface area contributed by atoms with Crippen molar-refractivity contribution in [3.05, 3.63) is 60.3 Å². The van der Waals surface area contributed by atoms with Crippen LogP contribution < -0.4 is 4.90 Å². The number of rotatable bonds is 8. The van der Waals surface area contributed by atoms with Gasteiger partial charge in [-0.05, 0) is 44.0 Å². The Labute approximate surface area is 162 Å². The summed E-state index contributed by atoms with van der Waals surface area (Å²) in [5.74, 6) is 2.68. The highest BCUT2D eigenvalue weighted by Crippen LogP contribution is 2.40. The molecule has 1 aliphatic carbocycles. The number of carbonyl (C=O) groups is 1. The molecular formula is C20H22N4O2S. The molecule has 1 aromatic carbocycles. The molecular weight excluding hydrogens is 360 g/mol. The first-order chi connectivity index (χ1) is 13.3. The first-order valence-corrected chi connectivity index (χ1v) is 10.2. The summed E-state index contributed by atoms with van der Waals surface area (Å²) in [7, 11) is 0. The largest absolute Gasteiger partial charge is 0.467 e. The minimum atomic E-state index is 0.0150. The summed E-state index contributed by atoms with van der Waals surface area (Å²) in [6.45, 7) is 3.32. The van der Waals surface area contributed by atoms with Crippen LogP contribution in [0.25, 0.3) is 0 Å². The lowest BCUT2D eigenvalue weighted by molar-refractivity contribution is -0.116. The van der Waals surface area contributed by atoms with Gasteiger partial charge in [0.25, 0.3) is 0 Å². The lowest BCUT2D eigenvalue weighted by Gasteiger charge is -2.21. The Morgan fingerprint density at radius 2 is 2.04 bits per heavy atom. The molecule has 1 aliphatic rings. The number of benzene rings is 1. The number of anilines is 1. The number of amides is 1. The molecule has 0 unspecified atom stereocenters. The van der Waals surface area contributed by atoms with E-state index in [1.165, 1.54) is 24.6 Å². The average molecular weight is 382 g/mol. The Morgan fingerprint density at radius 3 is 2.70 bits per heavy atom. The summed E-state index contributed by atoms with van der Waals surface area (Å²) in [6.07, 6.45) is 4.00. The fourth-order valence-electron chi connectivity index (χ4n) is 3.04. The Morgan fingerprint density at radius 1 is 1.22 bits per heavy atom. The van der Waals surface area contributed by atoms with E-state index < -0.39 is 0 Å². The van der Waals surface area contributed by atoms with Crippen molar-refractivity contribution in [2.24, 2.45) is 0 Å². The number of aromatic nitrogens is 3. The van der Waals surface area contributed by atoms with Gasteiger partial charge in [0.05, 0.1) is 18.6 Å². The Bertz CT molecular complexity index is 888. The van der Waals surface area contributed by atoms with Crippen molar-refractivity contribution in [2.45, 2.75) is 43.9 Å². The van der Waals surface area contributed by atoms with Crippen LogP contribution in [0.15, 0.2) is 58.3 Å². The lowest BCUT2D eigenvalue weighted by atomic mass is 10.2. The number of nitrogens with zero attached hydrogens (tertiary/aromatic N) is 4. The zero-order valence-electron chi connectivity index (χ0n) is 15.2. The summed E-state index contributed by atoms with van der Waals surface area (Å²) in [4.78, 5) is 14.8. The maximum Gasteiger partial charge on any atom is 0.237 e. The fraction of sp³-hybridized carbons (Fsp3) is 0.350. The zero-order chi connectivity index (χ0) is 18.6. The highest BCUT2D eigenvalue weighted by Gasteiger charge is 2.30. The van der Waals surface area contributed by atoms with Crippen LogP contribution in [0.1, 0.15) is 37.3 Å². The van der Waals surface area contributed by atoms with E-state index in [0.717, 1.165) is 29.0 Å². The van der Waals surface area contributed by atoms with E-state index in [0.29, 0.717) is 18.2 Å². The van der Waals surface area contributed by atoms with Crippen molar-refractivity contribution < 1.29 is 9.21 Å². The second-order valence-corrected chi connectivity index (χ2v) is 7.49. The number of hydrogen-bond donors (Lipinski definition) is 0. The molecule has 2 heterocycles. The van der Waals surface area contributed by atoms with Crippen molar-refractivity contribution in [2.75, 3.05) is 10.7 Å². The summed E-state index contributed by atoms with van der Waals surface area (Å²) < 4.78 is 7.58. The molecule has 4 rings (SSSR count). The van der Waals surface area contributed by atoms with Crippen molar-refractivity contribution in [3.8, 4) is 0 Å². The lowest BCUT2D eigenvalue weighted by Crippen LogP contribution is -2.31. The molecule has 2 aromatic heterocycles. The highest BCUT2D eigenvalue weighted by atomic mass is 32.2.